The number of halogens is 2. The second kappa shape index (κ2) is 6.16. The number of rotatable bonds is 1. The summed E-state index contributed by atoms with van der Waals surface area (Å²) in [5.41, 5.74) is -2.81. The lowest BCUT2D eigenvalue weighted by atomic mass is 9.79. The Hall–Kier alpha value is -2.88. The number of imide groups is 1. The molecule has 2 atom stereocenters. The number of likely N-dealkylation sites (N-methyl/N-ethyl adjacent to an activating group) is 1. The Kier molecular flexibility index (Phi) is 3.87. The fraction of sp³-hybridized carbons (Fsp3) is 0.217. The first-order valence-electron chi connectivity index (χ1n) is 10.1. The van der Waals surface area contributed by atoms with Crippen LogP contribution < -0.4 is 0 Å². The van der Waals surface area contributed by atoms with Crippen LogP contribution in [-0.2, 0) is 27.5 Å². The number of likely N-dealkylation sites (tertiary alicyclic amines) is 1. The number of H-pyrrole nitrogens is 1. The van der Waals surface area contributed by atoms with Crippen LogP contribution in [0.5, 0.6) is 0 Å². The van der Waals surface area contributed by atoms with Crippen LogP contribution in [-0.4, -0.2) is 48.6 Å². The van der Waals surface area contributed by atoms with Gasteiger partial charge in [-0.05, 0) is 42.8 Å². The summed E-state index contributed by atoms with van der Waals surface area (Å²) in [4.78, 5) is 30.7. The molecule has 4 heterocycles. The molecule has 0 saturated carbocycles. The molecule has 0 bridgehead atoms. The highest BCUT2D eigenvalue weighted by atomic mass is 35.5. The van der Waals surface area contributed by atoms with E-state index in [1.54, 1.807) is 37.3 Å². The maximum atomic E-state index is 13.4. The van der Waals surface area contributed by atoms with Crippen molar-refractivity contribution in [1.29, 1.82) is 0 Å². The van der Waals surface area contributed by atoms with E-state index >= 15 is 0 Å². The normalized spacial score (nSPS) is 24.0. The molecule has 0 aliphatic carbocycles. The van der Waals surface area contributed by atoms with Crippen molar-refractivity contribution in [3.8, 4) is 11.4 Å². The number of aliphatic hydroxyl groups is 3. The fourth-order valence-corrected chi connectivity index (χ4v) is 5.70. The molecule has 10 heteroatoms. The summed E-state index contributed by atoms with van der Waals surface area (Å²) in [6.45, 7) is 1.36. The minimum Gasteiger partial charge on any atom is -0.392 e. The van der Waals surface area contributed by atoms with Crippen molar-refractivity contribution in [3.63, 3.8) is 0 Å². The Morgan fingerprint density at radius 2 is 1.79 bits per heavy atom. The van der Waals surface area contributed by atoms with Crippen LogP contribution in [0.2, 0.25) is 10.0 Å². The number of aryl methyl sites for hydroxylation is 1. The molecule has 1 saturated heterocycles. The second-order valence-corrected chi connectivity index (χ2v) is 9.40. The number of amides is 2. The van der Waals surface area contributed by atoms with E-state index in [0.717, 1.165) is 5.56 Å². The molecular weight excluding hydrogens is 469 g/mol. The van der Waals surface area contributed by atoms with Gasteiger partial charge in [-0.3, -0.25) is 19.1 Å². The predicted octanol–water partition coefficient (Wildman–Crippen LogP) is 2.74. The summed E-state index contributed by atoms with van der Waals surface area (Å²) in [5.74, 6) is -1.98. The van der Waals surface area contributed by atoms with Crippen LogP contribution in [0.1, 0.15) is 16.7 Å². The van der Waals surface area contributed by atoms with E-state index < -0.39 is 29.7 Å². The maximum absolute atomic E-state index is 13.4. The van der Waals surface area contributed by atoms with Gasteiger partial charge in [-0.1, -0.05) is 23.2 Å². The molecule has 4 aromatic rings. The largest absolute Gasteiger partial charge is 0.392 e. The first-order chi connectivity index (χ1) is 15.6. The van der Waals surface area contributed by atoms with Gasteiger partial charge in [0.2, 0.25) is 5.60 Å². The highest BCUT2D eigenvalue weighted by Crippen LogP contribution is 2.57. The zero-order valence-electron chi connectivity index (χ0n) is 17.4. The lowest BCUT2D eigenvalue weighted by Gasteiger charge is -2.40. The molecule has 6 rings (SSSR count). The van der Waals surface area contributed by atoms with Crippen molar-refractivity contribution in [2.24, 2.45) is 0 Å². The number of aliphatic hydroxyl groups excluding tert-OH is 1. The predicted molar refractivity (Wildman–Crippen MR) is 122 cm³/mol. The van der Waals surface area contributed by atoms with Gasteiger partial charge in [-0.2, -0.15) is 0 Å². The molecule has 0 unspecified atom stereocenters. The molecule has 2 aliphatic rings. The molecule has 8 nitrogen and oxygen atoms in total. The Bertz CT molecular complexity index is 1590. The summed E-state index contributed by atoms with van der Waals surface area (Å²) in [6.07, 6.45) is 0. The maximum Gasteiger partial charge on any atom is 0.286 e. The van der Waals surface area contributed by atoms with Crippen molar-refractivity contribution in [3.05, 3.63) is 57.1 Å². The number of benzene rings is 2. The molecule has 0 spiro atoms. The van der Waals surface area contributed by atoms with Gasteiger partial charge in [-0.25, -0.2) is 0 Å². The number of hydrogen-bond acceptors (Lipinski definition) is 5. The first-order valence-corrected chi connectivity index (χ1v) is 10.9. The standard InChI is InChI=1S/C23H17Cl2N3O5/c1-9-5-11-13(8-29)19-18-17(12-6-10(24)3-4-15(12)26-18)22(32)20(30)27(2)21(31)23(22,33)28(19)16(11)7-14(9)25/h3-7,26,29,32-33H,8H2,1-2H3/t22-,23+/m1/s1. The van der Waals surface area contributed by atoms with Crippen LogP contribution in [0.3, 0.4) is 0 Å². The third-order valence-electron chi connectivity index (χ3n) is 6.91. The van der Waals surface area contributed by atoms with Crippen LogP contribution in [0, 0.1) is 6.92 Å². The summed E-state index contributed by atoms with van der Waals surface area (Å²) < 4.78 is 1.21. The Balaban J connectivity index is 1.93. The topological polar surface area (TPSA) is 119 Å². The van der Waals surface area contributed by atoms with Crippen LogP contribution >= 0.6 is 23.2 Å². The lowest BCUT2D eigenvalue weighted by molar-refractivity contribution is -0.193. The first kappa shape index (κ1) is 20.7. The zero-order valence-corrected chi connectivity index (χ0v) is 18.9. The number of nitrogens with zero attached hydrogens (tertiary/aromatic N) is 2. The number of nitrogens with one attached hydrogen (secondary N) is 1. The van der Waals surface area contributed by atoms with Crippen molar-refractivity contribution < 1.29 is 24.9 Å². The number of carbonyl (C=O) groups is 2. The molecule has 1 fully saturated rings. The van der Waals surface area contributed by atoms with E-state index in [2.05, 4.69) is 4.98 Å². The van der Waals surface area contributed by atoms with E-state index in [9.17, 15) is 24.9 Å². The number of fused-ring (bicyclic) bond motifs is 10. The molecular formula is C23H17Cl2N3O5. The van der Waals surface area contributed by atoms with Crippen LogP contribution in [0.15, 0.2) is 30.3 Å². The molecule has 168 valence electrons. The summed E-state index contributed by atoms with van der Waals surface area (Å²) in [7, 11) is 1.20. The average molecular weight is 486 g/mol. The third kappa shape index (κ3) is 2.09. The number of carbonyl (C=O) groups excluding carboxylic acids is 2. The van der Waals surface area contributed by atoms with Gasteiger partial charge in [0.15, 0.2) is 0 Å². The van der Waals surface area contributed by atoms with E-state index in [0.29, 0.717) is 48.0 Å². The van der Waals surface area contributed by atoms with E-state index in [1.807, 2.05) is 0 Å². The molecule has 2 aromatic carbocycles. The van der Waals surface area contributed by atoms with Gasteiger partial charge in [0, 0.05) is 44.5 Å². The smallest absolute Gasteiger partial charge is 0.286 e. The van der Waals surface area contributed by atoms with Gasteiger partial charge in [-0.15, -0.1) is 0 Å². The third-order valence-corrected chi connectivity index (χ3v) is 7.56. The average Bonchev–Trinajstić information content (AvgIpc) is 3.35. The van der Waals surface area contributed by atoms with Gasteiger partial charge < -0.3 is 20.3 Å². The van der Waals surface area contributed by atoms with Gasteiger partial charge in [0.25, 0.3) is 17.5 Å². The molecule has 0 radical (unpaired) electrons. The van der Waals surface area contributed by atoms with E-state index in [1.165, 1.54) is 11.6 Å². The van der Waals surface area contributed by atoms with Crippen LogP contribution in [0.4, 0.5) is 0 Å². The van der Waals surface area contributed by atoms with Gasteiger partial charge in [0.05, 0.1) is 23.5 Å². The Labute approximate surface area is 196 Å². The SMILES string of the molecule is Cc1cc2c(CO)c3n(c2cc1Cl)[C@]1(O)C(=O)N(C)C(=O)[C@]1(O)c1c-3[nH]c2ccc(Cl)cc12. The second-order valence-electron chi connectivity index (χ2n) is 8.56. The van der Waals surface area contributed by atoms with Crippen molar-refractivity contribution in [2.75, 3.05) is 7.05 Å². The number of aromatic nitrogens is 2. The number of aromatic amines is 1. The van der Waals surface area contributed by atoms with E-state index in [4.69, 9.17) is 23.2 Å². The molecule has 4 N–H and O–H groups in total. The highest BCUT2D eigenvalue weighted by molar-refractivity contribution is 6.32. The summed E-state index contributed by atoms with van der Waals surface area (Å²) in [6, 6.07) is 8.16. The Morgan fingerprint density at radius 3 is 2.48 bits per heavy atom. The lowest BCUT2D eigenvalue weighted by Crippen LogP contribution is -2.58. The zero-order chi connectivity index (χ0) is 23.6. The molecule has 2 aromatic heterocycles. The van der Waals surface area contributed by atoms with Crippen LogP contribution in [0.25, 0.3) is 33.2 Å². The van der Waals surface area contributed by atoms with Crippen molar-refractivity contribution in [1.82, 2.24) is 14.5 Å². The van der Waals surface area contributed by atoms with Gasteiger partial charge in [0.1, 0.15) is 0 Å². The fourth-order valence-electron chi connectivity index (χ4n) is 5.37. The minimum atomic E-state index is -2.72. The molecule has 2 amide bonds. The monoisotopic (exact) mass is 485 g/mol. The van der Waals surface area contributed by atoms with E-state index in [-0.39, 0.29) is 11.3 Å². The van der Waals surface area contributed by atoms with Crippen molar-refractivity contribution >= 4 is 56.8 Å². The number of hydrogen-bond donors (Lipinski definition) is 4. The summed E-state index contributed by atoms with van der Waals surface area (Å²) in [5, 5.41) is 36.0. The Morgan fingerprint density at radius 1 is 1.06 bits per heavy atom. The quantitative estimate of drug-likeness (QED) is 0.309. The highest BCUT2D eigenvalue weighted by Gasteiger charge is 2.74. The molecule has 33 heavy (non-hydrogen) atoms. The van der Waals surface area contributed by atoms with Gasteiger partial charge >= 0.3 is 0 Å². The van der Waals surface area contributed by atoms with Crippen molar-refractivity contribution in [2.45, 2.75) is 24.9 Å². The minimum absolute atomic E-state index is 0.0259. The molecule has 2 aliphatic heterocycles. The summed E-state index contributed by atoms with van der Waals surface area (Å²) >= 11 is 12.6.